The maximum absolute atomic E-state index is 13.9. The fourth-order valence-electron chi connectivity index (χ4n) is 3.22. The van der Waals surface area contributed by atoms with E-state index in [1.807, 2.05) is 31.2 Å². The molecule has 0 aliphatic heterocycles. The van der Waals surface area contributed by atoms with Crippen LogP contribution in [0.2, 0.25) is 0 Å². The lowest BCUT2D eigenvalue weighted by Gasteiger charge is -2.13. The summed E-state index contributed by atoms with van der Waals surface area (Å²) in [5.74, 6) is 0.159. The SMILES string of the molecule is COc1ccc(C)cc1NC(=O)Nc1c(-c2ccncc2)[nH]c2ccc(F)cc12. The fourth-order valence-corrected chi connectivity index (χ4v) is 3.22. The van der Waals surface area contributed by atoms with E-state index in [4.69, 9.17) is 4.74 Å². The molecule has 146 valence electrons. The van der Waals surface area contributed by atoms with Crippen molar-refractivity contribution in [3.63, 3.8) is 0 Å². The number of hydrogen-bond acceptors (Lipinski definition) is 3. The zero-order chi connectivity index (χ0) is 20.4. The van der Waals surface area contributed by atoms with E-state index >= 15 is 0 Å². The molecule has 2 aromatic carbocycles. The average molecular weight is 390 g/mol. The fraction of sp³-hybridized carbons (Fsp3) is 0.0909. The van der Waals surface area contributed by atoms with Gasteiger partial charge in [0.05, 0.1) is 24.2 Å². The Bertz CT molecular complexity index is 1190. The molecular weight excluding hydrogens is 371 g/mol. The van der Waals surface area contributed by atoms with Crippen LogP contribution >= 0.6 is 0 Å². The first-order valence-electron chi connectivity index (χ1n) is 8.99. The molecule has 0 saturated heterocycles. The first-order chi connectivity index (χ1) is 14.0. The van der Waals surface area contributed by atoms with Gasteiger partial charge in [-0.25, -0.2) is 9.18 Å². The van der Waals surface area contributed by atoms with Crippen molar-refractivity contribution in [2.75, 3.05) is 17.7 Å². The lowest BCUT2D eigenvalue weighted by molar-refractivity contribution is 0.262. The molecule has 7 heteroatoms. The van der Waals surface area contributed by atoms with Crippen LogP contribution in [-0.4, -0.2) is 23.1 Å². The molecular formula is C22H19FN4O2. The van der Waals surface area contributed by atoms with Gasteiger partial charge in [0, 0.05) is 28.9 Å². The topological polar surface area (TPSA) is 79.0 Å². The third kappa shape index (κ3) is 3.75. The highest BCUT2D eigenvalue weighted by atomic mass is 19.1. The lowest BCUT2D eigenvalue weighted by atomic mass is 10.1. The third-order valence-corrected chi connectivity index (χ3v) is 4.57. The van der Waals surface area contributed by atoms with Crippen LogP contribution in [-0.2, 0) is 0 Å². The van der Waals surface area contributed by atoms with Crippen LogP contribution in [0.5, 0.6) is 5.75 Å². The maximum atomic E-state index is 13.9. The second-order valence-corrected chi connectivity index (χ2v) is 6.58. The number of H-pyrrole nitrogens is 1. The number of hydrogen-bond donors (Lipinski definition) is 3. The van der Waals surface area contributed by atoms with Crippen LogP contribution in [0, 0.1) is 12.7 Å². The molecule has 0 aliphatic rings. The number of methoxy groups -OCH3 is 1. The summed E-state index contributed by atoms with van der Waals surface area (Å²) in [6, 6.07) is 13.1. The summed E-state index contributed by atoms with van der Waals surface area (Å²) in [4.78, 5) is 20.0. The van der Waals surface area contributed by atoms with E-state index in [9.17, 15) is 9.18 Å². The van der Waals surface area contributed by atoms with E-state index in [1.54, 1.807) is 24.5 Å². The van der Waals surface area contributed by atoms with Crippen molar-refractivity contribution in [1.29, 1.82) is 0 Å². The van der Waals surface area contributed by atoms with Crippen molar-refractivity contribution in [3.05, 3.63) is 72.3 Å². The summed E-state index contributed by atoms with van der Waals surface area (Å²) in [7, 11) is 1.54. The molecule has 3 N–H and O–H groups in total. The van der Waals surface area contributed by atoms with Gasteiger partial charge in [0.15, 0.2) is 0 Å². The third-order valence-electron chi connectivity index (χ3n) is 4.57. The Hall–Kier alpha value is -3.87. The number of halogens is 1. The Morgan fingerprint density at radius 1 is 1.07 bits per heavy atom. The number of anilines is 2. The molecule has 0 unspecified atom stereocenters. The maximum Gasteiger partial charge on any atom is 0.323 e. The molecule has 29 heavy (non-hydrogen) atoms. The van der Waals surface area contributed by atoms with Gasteiger partial charge in [-0.1, -0.05) is 6.07 Å². The van der Waals surface area contributed by atoms with Crippen molar-refractivity contribution in [2.24, 2.45) is 0 Å². The van der Waals surface area contributed by atoms with E-state index in [1.165, 1.54) is 19.2 Å². The van der Waals surface area contributed by atoms with Crippen molar-refractivity contribution in [1.82, 2.24) is 9.97 Å². The van der Waals surface area contributed by atoms with E-state index in [-0.39, 0.29) is 5.82 Å². The van der Waals surface area contributed by atoms with Crippen molar-refractivity contribution >= 4 is 28.3 Å². The minimum absolute atomic E-state index is 0.387. The number of urea groups is 1. The molecule has 2 aromatic heterocycles. The molecule has 0 fully saturated rings. The van der Waals surface area contributed by atoms with Gasteiger partial charge in [-0.05, 0) is 55.0 Å². The van der Waals surface area contributed by atoms with Crippen molar-refractivity contribution in [3.8, 4) is 17.0 Å². The van der Waals surface area contributed by atoms with Crippen LogP contribution in [0.1, 0.15) is 5.56 Å². The summed E-state index contributed by atoms with van der Waals surface area (Å²) in [6.45, 7) is 1.92. The number of rotatable bonds is 4. The summed E-state index contributed by atoms with van der Waals surface area (Å²) >= 11 is 0. The number of aromatic nitrogens is 2. The summed E-state index contributed by atoms with van der Waals surface area (Å²) < 4.78 is 19.2. The molecule has 0 bridgehead atoms. The summed E-state index contributed by atoms with van der Waals surface area (Å²) in [5.41, 5.74) is 4.20. The van der Waals surface area contributed by atoms with E-state index in [0.29, 0.717) is 33.7 Å². The number of amides is 2. The zero-order valence-corrected chi connectivity index (χ0v) is 15.9. The number of pyridine rings is 1. The minimum Gasteiger partial charge on any atom is -0.495 e. The predicted molar refractivity (Wildman–Crippen MR) is 112 cm³/mol. The first-order valence-corrected chi connectivity index (χ1v) is 8.99. The van der Waals surface area contributed by atoms with Crippen LogP contribution in [0.15, 0.2) is 60.9 Å². The number of nitrogens with zero attached hydrogens (tertiary/aromatic N) is 1. The highest BCUT2D eigenvalue weighted by Crippen LogP contribution is 2.35. The predicted octanol–water partition coefficient (Wildman–Crippen LogP) is 5.33. The standard InChI is InChI=1S/C22H19FN4O2/c1-13-3-6-19(29-2)18(11-13)26-22(28)27-21-16-12-15(23)4-5-17(16)25-20(21)14-7-9-24-10-8-14/h3-12,25H,1-2H3,(H2,26,27,28). The van der Waals surface area contributed by atoms with Crippen LogP contribution in [0.4, 0.5) is 20.6 Å². The highest BCUT2D eigenvalue weighted by molar-refractivity contribution is 6.11. The van der Waals surface area contributed by atoms with Gasteiger partial charge in [0.1, 0.15) is 11.6 Å². The number of aryl methyl sites for hydroxylation is 1. The van der Waals surface area contributed by atoms with Gasteiger partial charge >= 0.3 is 6.03 Å². The Labute approximate surface area is 166 Å². The Balaban J connectivity index is 1.72. The smallest absolute Gasteiger partial charge is 0.323 e. The van der Waals surface area contributed by atoms with Crippen LogP contribution < -0.4 is 15.4 Å². The molecule has 4 rings (SSSR count). The number of nitrogens with one attached hydrogen (secondary N) is 3. The summed E-state index contributed by atoms with van der Waals surface area (Å²) in [5, 5.41) is 6.23. The second kappa shape index (κ2) is 7.63. The molecule has 0 aliphatic carbocycles. The Kier molecular flexibility index (Phi) is 4.87. The number of ether oxygens (including phenoxy) is 1. The normalized spacial score (nSPS) is 10.7. The molecule has 0 radical (unpaired) electrons. The minimum atomic E-state index is -0.464. The first kappa shape index (κ1) is 18.5. The number of carbonyl (C=O) groups is 1. The summed E-state index contributed by atoms with van der Waals surface area (Å²) in [6.07, 6.45) is 3.31. The molecule has 2 heterocycles. The number of benzene rings is 2. The highest BCUT2D eigenvalue weighted by Gasteiger charge is 2.17. The number of fused-ring (bicyclic) bond motifs is 1. The zero-order valence-electron chi connectivity index (χ0n) is 15.9. The monoisotopic (exact) mass is 390 g/mol. The largest absolute Gasteiger partial charge is 0.495 e. The molecule has 0 atom stereocenters. The van der Waals surface area contributed by atoms with Crippen LogP contribution in [0.25, 0.3) is 22.2 Å². The van der Waals surface area contributed by atoms with Crippen molar-refractivity contribution < 1.29 is 13.9 Å². The van der Waals surface area contributed by atoms with E-state index in [2.05, 4.69) is 20.6 Å². The lowest BCUT2D eigenvalue weighted by Crippen LogP contribution is -2.20. The van der Waals surface area contributed by atoms with E-state index < -0.39 is 6.03 Å². The molecule has 6 nitrogen and oxygen atoms in total. The molecule has 0 spiro atoms. The van der Waals surface area contributed by atoms with Gasteiger partial charge in [-0.2, -0.15) is 0 Å². The Morgan fingerprint density at radius 3 is 2.62 bits per heavy atom. The van der Waals surface area contributed by atoms with Gasteiger partial charge in [0.25, 0.3) is 0 Å². The number of aromatic amines is 1. The average Bonchev–Trinajstić information content (AvgIpc) is 3.06. The van der Waals surface area contributed by atoms with Gasteiger partial charge in [-0.15, -0.1) is 0 Å². The quantitative estimate of drug-likeness (QED) is 0.441. The number of carbonyl (C=O) groups excluding carboxylic acids is 1. The van der Waals surface area contributed by atoms with Crippen molar-refractivity contribution in [2.45, 2.75) is 6.92 Å². The van der Waals surface area contributed by atoms with E-state index in [0.717, 1.165) is 11.1 Å². The second-order valence-electron chi connectivity index (χ2n) is 6.58. The van der Waals surface area contributed by atoms with Gasteiger partial charge in [0.2, 0.25) is 0 Å². The van der Waals surface area contributed by atoms with Gasteiger partial charge in [-0.3, -0.25) is 4.98 Å². The van der Waals surface area contributed by atoms with Crippen LogP contribution in [0.3, 0.4) is 0 Å². The molecule has 2 amide bonds. The van der Waals surface area contributed by atoms with Gasteiger partial charge < -0.3 is 20.4 Å². The Morgan fingerprint density at radius 2 is 1.86 bits per heavy atom. The molecule has 4 aromatic rings. The molecule has 0 saturated carbocycles.